The van der Waals surface area contributed by atoms with Crippen LogP contribution in [0.1, 0.15) is 20.8 Å². The molecule has 27 heavy (non-hydrogen) atoms. The molecule has 9 nitrogen and oxygen atoms in total. The zero-order chi connectivity index (χ0) is 19.0. The topological polar surface area (TPSA) is 115 Å². The molecule has 0 unspecified atom stereocenters. The van der Waals surface area contributed by atoms with Gasteiger partial charge >= 0.3 is 5.69 Å². The van der Waals surface area contributed by atoms with E-state index in [0.717, 1.165) is 15.6 Å². The second-order valence-electron chi connectivity index (χ2n) is 5.82. The molecule has 1 amide bonds. The van der Waals surface area contributed by atoms with Crippen molar-refractivity contribution >= 4 is 22.4 Å². The Labute approximate surface area is 156 Å². The number of benzene rings is 1. The number of carbonyl (C=O) groups is 1. The minimum absolute atomic E-state index is 0.0116. The first-order chi connectivity index (χ1) is 13.0. The number of nitrogens with one attached hydrogen (secondary N) is 2. The van der Waals surface area contributed by atoms with Crippen molar-refractivity contribution in [2.24, 2.45) is 0 Å². The third kappa shape index (κ3) is 3.34. The Morgan fingerprint density at radius 3 is 2.93 bits per heavy atom. The molecule has 0 saturated heterocycles. The monoisotopic (exact) mass is 386 g/mol. The molecule has 2 aromatic heterocycles. The molecule has 1 aliphatic heterocycles. The summed E-state index contributed by atoms with van der Waals surface area (Å²) in [5.41, 5.74) is -0.815. The first-order valence-corrected chi connectivity index (χ1v) is 8.78. The number of aromatic nitrogens is 3. The number of aryl methyl sites for hydroxylation is 1. The van der Waals surface area contributed by atoms with Gasteiger partial charge in [0, 0.05) is 17.3 Å². The molecule has 4 rings (SSSR count). The molecule has 1 aliphatic rings. The van der Waals surface area contributed by atoms with E-state index in [-0.39, 0.29) is 18.9 Å². The molecule has 0 radical (unpaired) electrons. The van der Waals surface area contributed by atoms with Crippen LogP contribution in [0.5, 0.6) is 11.5 Å². The summed E-state index contributed by atoms with van der Waals surface area (Å²) in [5.74, 6) is 0.516. The van der Waals surface area contributed by atoms with Crippen LogP contribution in [0.3, 0.4) is 0 Å². The van der Waals surface area contributed by atoms with Crippen LogP contribution in [0.25, 0.3) is 0 Å². The molecular formula is C17H14N4O5S. The number of fused-ring (bicyclic) bond motifs is 1. The van der Waals surface area contributed by atoms with Crippen molar-refractivity contribution in [1.82, 2.24) is 14.5 Å². The van der Waals surface area contributed by atoms with E-state index in [0.29, 0.717) is 22.2 Å². The van der Waals surface area contributed by atoms with E-state index in [2.05, 4.69) is 15.3 Å². The first kappa shape index (κ1) is 17.0. The van der Waals surface area contributed by atoms with Crippen molar-refractivity contribution in [2.75, 3.05) is 12.1 Å². The van der Waals surface area contributed by atoms with Crippen molar-refractivity contribution in [2.45, 2.75) is 13.5 Å². The predicted octanol–water partition coefficient (Wildman–Crippen LogP) is 1.33. The molecule has 10 heteroatoms. The fourth-order valence-electron chi connectivity index (χ4n) is 2.62. The lowest BCUT2D eigenvalue weighted by Gasteiger charge is -2.08. The summed E-state index contributed by atoms with van der Waals surface area (Å²) >= 11 is 1.29. The predicted molar refractivity (Wildman–Crippen MR) is 97.8 cm³/mol. The van der Waals surface area contributed by atoms with E-state index in [1.807, 2.05) is 6.92 Å². The van der Waals surface area contributed by atoms with E-state index >= 15 is 0 Å². The number of aromatic amines is 1. The first-order valence-electron chi connectivity index (χ1n) is 7.96. The summed E-state index contributed by atoms with van der Waals surface area (Å²) in [6.07, 6.45) is 2.72. The number of amides is 1. The molecule has 0 bridgehead atoms. The number of carbonyl (C=O) groups excluding carboxylic acids is 1. The molecule has 3 heterocycles. The van der Waals surface area contributed by atoms with Gasteiger partial charge in [-0.15, -0.1) is 11.3 Å². The highest BCUT2D eigenvalue weighted by Gasteiger charge is 2.18. The Bertz CT molecular complexity index is 1150. The Morgan fingerprint density at radius 2 is 2.15 bits per heavy atom. The second kappa shape index (κ2) is 6.72. The van der Waals surface area contributed by atoms with Crippen molar-refractivity contribution in [3.05, 3.63) is 67.4 Å². The van der Waals surface area contributed by atoms with Crippen molar-refractivity contribution < 1.29 is 14.3 Å². The number of nitrogens with zero attached hydrogens (tertiary/aromatic N) is 2. The third-order valence-corrected chi connectivity index (χ3v) is 4.75. The number of H-pyrrole nitrogens is 1. The summed E-state index contributed by atoms with van der Waals surface area (Å²) in [6, 6.07) is 5.13. The van der Waals surface area contributed by atoms with Gasteiger partial charge in [-0.3, -0.25) is 19.5 Å². The van der Waals surface area contributed by atoms with Crippen LogP contribution in [-0.4, -0.2) is 27.2 Å². The Balaban J connectivity index is 1.63. The van der Waals surface area contributed by atoms with Crippen LogP contribution in [0.2, 0.25) is 0 Å². The summed E-state index contributed by atoms with van der Waals surface area (Å²) in [6.45, 7) is 1.97. The van der Waals surface area contributed by atoms with Crippen LogP contribution >= 0.6 is 11.3 Å². The van der Waals surface area contributed by atoms with Gasteiger partial charge in [-0.1, -0.05) is 6.07 Å². The molecule has 2 N–H and O–H groups in total. The maximum absolute atomic E-state index is 12.7. The van der Waals surface area contributed by atoms with Gasteiger partial charge < -0.3 is 14.5 Å². The van der Waals surface area contributed by atoms with Gasteiger partial charge in [-0.25, -0.2) is 9.78 Å². The largest absolute Gasteiger partial charge is 0.454 e. The second-order valence-corrected chi connectivity index (χ2v) is 7.05. The van der Waals surface area contributed by atoms with Gasteiger partial charge in [0.05, 0.1) is 6.54 Å². The van der Waals surface area contributed by atoms with Crippen molar-refractivity contribution in [3.8, 4) is 11.5 Å². The van der Waals surface area contributed by atoms with Crippen LogP contribution in [0.15, 0.2) is 40.2 Å². The summed E-state index contributed by atoms with van der Waals surface area (Å²) in [5, 5.41) is 2.94. The lowest BCUT2D eigenvalue weighted by Crippen LogP contribution is -2.39. The highest BCUT2D eigenvalue weighted by Crippen LogP contribution is 2.32. The van der Waals surface area contributed by atoms with Gasteiger partial charge in [0.15, 0.2) is 16.6 Å². The average molecular weight is 386 g/mol. The molecule has 0 aliphatic carbocycles. The van der Waals surface area contributed by atoms with E-state index < -0.39 is 17.2 Å². The van der Waals surface area contributed by atoms with E-state index in [1.54, 1.807) is 24.4 Å². The van der Waals surface area contributed by atoms with Crippen LogP contribution < -0.4 is 26.0 Å². The number of rotatable bonds is 4. The van der Waals surface area contributed by atoms with Gasteiger partial charge in [0.2, 0.25) is 6.79 Å². The Morgan fingerprint density at radius 1 is 1.33 bits per heavy atom. The zero-order valence-electron chi connectivity index (χ0n) is 14.1. The van der Waals surface area contributed by atoms with E-state index in [1.165, 1.54) is 11.3 Å². The number of thiazole rings is 1. The van der Waals surface area contributed by atoms with Crippen molar-refractivity contribution in [3.63, 3.8) is 0 Å². The number of ether oxygens (including phenoxy) is 2. The summed E-state index contributed by atoms with van der Waals surface area (Å²) < 4.78 is 11.5. The van der Waals surface area contributed by atoms with Gasteiger partial charge in [0.1, 0.15) is 5.56 Å². The average Bonchev–Trinajstić information content (AvgIpc) is 3.26. The molecule has 0 fully saturated rings. The molecule has 0 spiro atoms. The number of anilines is 1. The number of hydrogen-bond acceptors (Lipinski definition) is 7. The Kier molecular flexibility index (Phi) is 4.24. The quantitative estimate of drug-likeness (QED) is 0.699. The van der Waals surface area contributed by atoms with E-state index in [4.69, 9.17) is 9.47 Å². The maximum atomic E-state index is 12.7. The third-order valence-electron chi connectivity index (χ3n) is 3.92. The SMILES string of the molecule is Cc1cnc(NC(=O)c2c[nH]c(=O)n(Cc3ccc4c(c3)OCO4)c2=O)s1. The molecular weight excluding hydrogens is 372 g/mol. The van der Waals surface area contributed by atoms with Gasteiger partial charge in [-0.05, 0) is 24.6 Å². The van der Waals surface area contributed by atoms with Crippen LogP contribution in [0.4, 0.5) is 5.13 Å². The lowest BCUT2D eigenvalue weighted by molar-refractivity contribution is 0.102. The summed E-state index contributed by atoms with van der Waals surface area (Å²) in [4.78, 5) is 44.6. The van der Waals surface area contributed by atoms with Crippen LogP contribution in [0, 0.1) is 6.92 Å². The lowest BCUT2D eigenvalue weighted by atomic mass is 10.2. The minimum atomic E-state index is -0.692. The van der Waals surface area contributed by atoms with Crippen molar-refractivity contribution in [1.29, 1.82) is 0 Å². The number of hydrogen-bond donors (Lipinski definition) is 2. The standard InChI is InChI=1S/C17H14N4O5S/c1-9-5-18-16(27-9)20-14(22)11-6-19-17(24)21(15(11)23)7-10-2-3-12-13(4-10)26-8-25-12/h2-6H,7-8H2,1H3,(H,19,24)(H,18,20,22). The molecule has 3 aromatic rings. The fourth-order valence-corrected chi connectivity index (χ4v) is 3.28. The molecule has 138 valence electrons. The normalized spacial score (nSPS) is 12.2. The molecule has 0 atom stereocenters. The molecule has 1 aromatic carbocycles. The summed E-state index contributed by atoms with van der Waals surface area (Å²) in [7, 11) is 0. The molecule has 0 saturated carbocycles. The smallest absolute Gasteiger partial charge is 0.328 e. The van der Waals surface area contributed by atoms with Crippen LogP contribution in [-0.2, 0) is 6.54 Å². The maximum Gasteiger partial charge on any atom is 0.328 e. The van der Waals surface area contributed by atoms with Gasteiger partial charge in [0.25, 0.3) is 11.5 Å². The van der Waals surface area contributed by atoms with Gasteiger partial charge in [-0.2, -0.15) is 0 Å². The highest BCUT2D eigenvalue weighted by atomic mass is 32.1. The zero-order valence-corrected chi connectivity index (χ0v) is 15.0. The highest BCUT2D eigenvalue weighted by molar-refractivity contribution is 7.15. The Hall–Kier alpha value is -3.40. The fraction of sp³-hybridized carbons (Fsp3) is 0.176. The minimum Gasteiger partial charge on any atom is -0.454 e. The van der Waals surface area contributed by atoms with E-state index in [9.17, 15) is 14.4 Å².